The Kier molecular flexibility index (Phi) is 9.98. The maximum atomic E-state index is 12.4. The van der Waals surface area contributed by atoms with Gasteiger partial charge in [0.1, 0.15) is 0 Å². The predicted octanol–water partition coefficient (Wildman–Crippen LogP) is 4.14. The second-order valence-corrected chi connectivity index (χ2v) is 12.3. The number of aliphatic hydroxyl groups is 1. The highest BCUT2D eigenvalue weighted by Crippen LogP contribution is 2.34. The molecule has 0 spiro atoms. The molecule has 2 aliphatic rings. The Morgan fingerprint density at radius 2 is 1.52 bits per heavy atom. The molecule has 2 aromatic heterocycles. The van der Waals surface area contributed by atoms with Gasteiger partial charge in [0.25, 0.3) is 0 Å². The Hall–Kier alpha value is -3.99. The summed E-state index contributed by atoms with van der Waals surface area (Å²) in [5.74, 6) is -1.58. The number of carboxylic acid groups (broad SMARTS) is 2. The van der Waals surface area contributed by atoms with E-state index in [0.29, 0.717) is 25.7 Å². The third-order valence-electron chi connectivity index (χ3n) is 9.68. The number of rotatable bonds is 14. The van der Waals surface area contributed by atoms with E-state index in [1.807, 2.05) is 34.6 Å². The van der Waals surface area contributed by atoms with Gasteiger partial charge in [-0.05, 0) is 73.4 Å². The molecule has 0 fully saturated rings. The first-order chi connectivity index (χ1) is 20.8. The molecule has 0 aromatic carbocycles. The molecule has 9 N–H and O–H groups in total. The number of nitrogens with two attached hydrogens (primary N) is 1. The number of aliphatic hydroxyl groups excluding tert-OH is 1. The van der Waals surface area contributed by atoms with Gasteiger partial charge in [-0.2, -0.15) is 0 Å². The van der Waals surface area contributed by atoms with E-state index in [0.717, 1.165) is 74.6 Å². The molecule has 11 heteroatoms. The maximum Gasteiger partial charge on any atom is 0.305 e. The highest BCUT2D eigenvalue weighted by atomic mass is 16.4. The normalized spacial score (nSPS) is 20.8. The number of aliphatic carboxylic acids is 2. The highest BCUT2D eigenvalue weighted by molar-refractivity contribution is 5.97. The summed E-state index contributed by atoms with van der Waals surface area (Å²) in [6.45, 7) is 11.9. The number of carbonyl (C=O) groups is 3. The van der Waals surface area contributed by atoms with Crippen molar-refractivity contribution in [2.45, 2.75) is 111 Å². The first-order valence-corrected chi connectivity index (χ1v) is 15.5. The van der Waals surface area contributed by atoms with Crippen molar-refractivity contribution in [1.82, 2.24) is 20.6 Å². The van der Waals surface area contributed by atoms with E-state index in [2.05, 4.69) is 27.5 Å². The van der Waals surface area contributed by atoms with Crippen LogP contribution in [-0.4, -0.2) is 55.2 Å². The van der Waals surface area contributed by atoms with E-state index >= 15 is 0 Å². The largest absolute Gasteiger partial charge is 0.495 e. The minimum Gasteiger partial charge on any atom is -0.495 e. The van der Waals surface area contributed by atoms with Crippen LogP contribution in [0.3, 0.4) is 0 Å². The fraction of sp³-hybridized carbons (Fsp3) is 0.545. The molecule has 11 nitrogen and oxygen atoms in total. The zero-order valence-electron chi connectivity index (χ0n) is 26.6. The molecule has 4 rings (SSSR count). The lowest BCUT2D eigenvalue weighted by atomic mass is 9.91. The molecule has 0 saturated heterocycles. The smallest absolute Gasteiger partial charge is 0.305 e. The summed E-state index contributed by atoms with van der Waals surface area (Å²) in [6, 6.07) is -0.922. The minimum atomic E-state index is -0.998. The third-order valence-corrected chi connectivity index (χ3v) is 9.68. The first-order valence-electron chi connectivity index (χ1n) is 15.5. The van der Waals surface area contributed by atoms with Gasteiger partial charge in [0.2, 0.25) is 5.91 Å². The second kappa shape index (κ2) is 13.3. The molecule has 0 saturated carbocycles. The molecule has 44 heavy (non-hydrogen) atoms. The number of H-pyrrole nitrogens is 2. The summed E-state index contributed by atoms with van der Waals surface area (Å²) < 4.78 is 0. The van der Waals surface area contributed by atoms with Gasteiger partial charge >= 0.3 is 11.9 Å². The van der Waals surface area contributed by atoms with Crippen molar-refractivity contribution >= 4 is 17.8 Å². The Balaban J connectivity index is 1.72. The second-order valence-electron chi connectivity index (χ2n) is 12.3. The standard InChI is InChI=1S/C33H47N5O6/c1-7-19-17(5)32(43)38-26(19)13-25-18(6)31(22(34)11-30(41)42)28(36-25)14-27-21(9-10-29(39)40)16(4)23(35-27)12-24-15(3)20(8-2)33(44)37-24/h15,22,24,26,35-37,44H,7-14,34H2,1-6H3,(H,38,43)(H,39,40)(H,41,42)/t15?,22-,24+,26-/m0/s1. The maximum absolute atomic E-state index is 12.4. The molecule has 240 valence electrons. The van der Waals surface area contributed by atoms with Crippen molar-refractivity contribution in [3.63, 3.8) is 0 Å². The fourth-order valence-corrected chi connectivity index (χ4v) is 7.17. The van der Waals surface area contributed by atoms with Crippen LogP contribution in [0.2, 0.25) is 0 Å². The molecule has 0 radical (unpaired) electrons. The van der Waals surface area contributed by atoms with E-state index in [1.54, 1.807) is 0 Å². The highest BCUT2D eigenvalue weighted by Gasteiger charge is 2.33. The van der Waals surface area contributed by atoms with Crippen LogP contribution in [0.15, 0.2) is 22.6 Å². The van der Waals surface area contributed by atoms with Crippen LogP contribution >= 0.6 is 0 Å². The lowest BCUT2D eigenvalue weighted by Gasteiger charge is -2.18. The lowest BCUT2D eigenvalue weighted by molar-refractivity contribution is -0.138. The molecule has 0 aliphatic carbocycles. The van der Waals surface area contributed by atoms with Gasteiger partial charge in [-0.25, -0.2) is 0 Å². The predicted molar refractivity (Wildman–Crippen MR) is 167 cm³/mol. The lowest BCUT2D eigenvalue weighted by Crippen LogP contribution is -2.31. The third kappa shape index (κ3) is 6.57. The fourth-order valence-electron chi connectivity index (χ4n) is 7.17. The zero-order chi connectivity index (χ0) is 32.5. The number of carbonyl (C=O) groups excluding carboxylic acids is 1. The van der Waals surface area contributed by atoms with Gasteiger partial charge in [0, 0.05) is 72.0 Å². The Bertz CT molecular complexity index is 1510. The monoisotopic (exact) mass is 609 g/mol. The van der Waals surface area contributed by atoms with Gasteiger partial charge in [0.05, 0.1) is 12.5 Å². The number of aromatic amines is 2. The number of hydrogen-bond acceptors (Lipinski definition) is 6. The van der Waals surface area contributed by atoms with Crippen molar-refractivity contribution in [2.24, 2.45) is 11.7 Å². The van der Waals surface area contributed by atoms with E-state index in [9.17, 15) is 29.7 Å². The topological polar surface area (TPSA) is 194 Å². The number of nitrogens with one attached hydrogen (secondary N) is 4. The molecular formula is C33H47N5O6. The van der Waals surface area contributed by atoms with Crippen molar-refractivity contribution in [3.8, 4) is 0 Å². The summed E-state index contributed by atoms with van der Waals surface area (Å²) >= 11 is 0. The Morgan fingerprint density at radius 3 is 2.11 bits per heavy atom. The summed E-state index contributed by atoms with van der Waals surface area (Å²) in [6.07, 6.45) is 3.08. The molecule has 2 aromatic rings. The average molecular weight is 610 g/mol. The molecule has 0 bridgehead atoms. The summed E-state index contributed by atoms with van der Waals surface area (Å²) in [5, 5.41) is 35.8. The van der Waals surface area contributed by atoms with Crippen molar-refractivity contribution in [1.29, 1.82) is 0 Å². The van der Waals surface area contributed by atoms with Gasteiger partial charge < -0.3 is 41.7 Å². The molecule has 1 amide bonds. The van der Waals surface area contributed by atoms with Crippen LogP contribution in [0.4, 0.5) is 0 Å². The summed E-state index contributed by atoms with van der Waals surface area (Å²) in [4.78, 5) is 42.8. The van der Waals surface area contributed by atoms with Crippen LogP contribution in [-0.2, 0) is 40.1 Å². The van der Waals surface area contributed by atoms with Crippen LogP contribution < -0.4 is 16.4 Å². The van der Waals surface area contributed by atoms with Crippen molar-refractivity contribution in [3.05, 3.63) is 67.6 Å². The quantitative estimate of drug-likeness (QED) is 0.157. The number of carboxylic acids is 2. The number of hydrogen-bond donors (Lipinski definition) is 8. The average Bonchev–Trinajstić information content (AvgIpc) is 3.59. The van der Waals surface area contributed by atoms with Crippen LogP contribution in [0.25, 0.3) is 0 Å². The van der Waals surface area contributed by atoms with Crippen molar-refractivity contribution in [2.75, 3.05) is 0 Å². The van der Waals surface area contributed by atoms with E-state index in [-0.39, 0.29) is 42.6 Å². The Morgan fingerprint density at radius 1 is 0.886 bits per heavy atom. The van der Waals surface area contributed by atoms with E-state index in [4.69, 9.17) is 5.73 Å². The molecule has 4 heterocycles. The van der Waals surface area contributed by atoms with Crippen LogP contribution in [0, 0.1) is 19.8 Å². The van der Waals surface area contributed by atoms with Gasteiger partial charge in [-0.3, -0.25) is 14.4 Å². The van der Waals surface area contributed by atoms with Gasteiger partial charge in [0.15, 0.2) is 5.88 Å². The first kappa shape index (κ1) is 32.9. The summed E-state index contributed by atoms with van der Waals surface area (Å²) in [7, 11) is 0. The number of aromatic nitrogens is 2. The van der Waals surface area contributed by atoms with Crippen LogP contribution in [0.5, 0.6) is 0 Å². The number of amides is 1. The van der Waals surface area contributed by atoms with E-state index < -0.39 is 18.0 Å². The Labute approximate surface area is 258 Å². The van der Waals surface area contributed by atoms with Crippen LogP contribution in [0.1, 0.15) is 104 Å². The minimum absolute atomic E-state index is 0.00717. The van der Waals surface area contributed by atoms with Gasteiger partial charge in [-0.1, -0.05) is 20.8 Å². The van der Waals surface area contributed by atoms with Gasteiger partial charge in [-0.15, -0.1) is 0 Å². The molecule has 4 atom stereocenters. The molecule has 1 unspecified atom stereocenters. The van der Waals surface area contributed by atoms with Crippen molar-refractivity contribution < 1.29 is 29.7 Å². The SMILES string of the molecule is CCC1=C(O)N[C@H](Cc2[nH]c(Cc3[nH]c(C[C@@H]4NC(=O)C(C)=C4CC)c(C)c3[C@@H](N)CC(=O)O)c(CCC(=O)O)c2C)C1C. The van der Waals surface area contributed by atoms with E-state index in [1.165, 1.54) is 0 Å². The zero-order valence-corrected chi connectivity index (χ0v) is 26.6. The summed E-state index contributed by atoms with van der Waals surface area (Å²) in [5.41, 5.74) is 16.3. The molecular weight excluding hydrogens is 562 g/mol. The molecule has 2 aliphatic heterocycles.